The number of nitrogens with one attached hydrogen (secondary N) is 1. The lowest BCUT2D eigenvalue weighted by molar-refractivity contribution is -0.142. The van der Waals surface area contributed by atoms with Crippen molar-refractivity contribution in [3.63, 3.8) is 0 Å². The van der Waals surface area contributed by atoms with E-state index in [4.69, 9.17) is 4.74 Å². The number of carbonyl (C=O) groups is 1. The summed E-state index contributed by atoms with van der Waals surface area (Å²) in [5.41, 5.74) is 2.43. The van der Waals surface area contributed by atoms with Crippen LogP contribution in [-0.2, 0) is 11.2 Å². The third-order valence-electron chi connectivity index (χ3n) is 7.58. The van der Waals surface area contributed by atoms with Gasteiger partial charge in [0.2, 0.25) is 0 Å². The second-order valence-electron chi connectivity index (χ2n) is 10.3. The number of hydrogen-bond donors (Lipinski definition) is 2. The van der Waals surface area contributed by atoms with Crippen molar-refractivity contribution in [3.8, 4) is 5.75 Å². The molecule has 1 fully saturated rings. The monoisotopic (exact) mass is 515 g/mol. The molecule has 0 saturated carbocycles. The highest BCUT2D eigenvalue weighted by Crippen LogP contribution is 2.43. The maximum atomic E-state index is 15.7. The Kier molecular flexibility index (Phi) is 7.18. The molecule has 1 saturated heterocycles. The number of alkyl halides is 1. The molecule has 3 heterocycles. The zero-order valence-corrected chi connectivity index (χ0v) is 21.0. The maximum absolute atomic E-state index is 15.7. The second kappa shape index (κ2) is 10.4. The van der Waals surface area contributed by atoms with Gasteiger partial charge in [-0.3, -0.25) is 19.0 Å². The minimum absolute atomic E-state index is 0.111. The number of para-hydroxylation sites is 1. The molecule has 0 spiro atoms. The minimum Gasteiger partial charge on any atom is -0.488 e. The maximum Gasteiger partial charge on any atom is 0.307 e. The van der Waals surface area contributed by atoms with Gasteiger partial charge in [0, 0.05) is 66.5 Å². The number of aliphatic carboxylic acids is 1. The zero-order chi connectivity index (χ0) is 26.3. The Morgan fingerprint density at radius 1 is 1.22 bits per heavy atom. The van der Waals surface area contributed by atoms with Crippen LogP contribution in [0.15, 0.2) is 36.4 Å². The SMILES string of the molecule is C[C@@H]1Cc2c([nH]c3ccccc23)[C@@H](c2c(F)cc(OC3CN(CCCF)C3)cc2F)N1C[C@H](C)C(=O)O. The number of rotatable bonds is 9. The molecule has 198 valence electrons. The van der Waals surface area contributed by atoms with Crippen molar-refractivity contribution < 1.29 is 27.8 Å². The van der Waals surface area contributed by atoms with Gasteiger partial charge in [-0.2, -0.15) is 0 Å². The summed E-state index contributed by atoms with van der Waals surface area (Å²) in [5, 5.41) is 10.6. The third kappa shape index (κ3) is 4.94. The summed E-state index contributed by atoms with van der Waals surface area (Å²) in [6.07, 6.45) is 0.886. The number of nitrogens with zero attached hydrogens (tertiary/aromatic N) is 2. The summed E-state index contributed by atoms with van der Waals surface area (Å²) >= 11 is 0. The first kappa shape index (κ1) is 25.6. The summed E-state index contributed by atoms with van der Waals surface area (Å²) < 4.78 is 49.6. The molecule has 0 unspecified atom stereocenters. The highest BCUT2D eigenvalue weighted by atomic mass is 19.1. The van der Waals surface area contributed by atoms with E-state index in [0.717, 1.165) is 16.5 Å². The van der Waals surface area contributed by atoms with Gasteiger partial charge < -0.3 is 14.8 Å². The molecule has 2 N–H and O–H groups in total. The van der Waals surface area contributed by atoms with Gasteiger partial charge in [0.25, 0.3) is 0 Å². The van der Waals surface area contributed by atoms with E-state index in [1.807, 2.05) is 41.0 Å². The quantitative estimate of drug-likeness (QED) is 0.423. The second-order valence-corrected chi connectivity index (χ2v) is 10.3. The van der Waals surface area contributed by atoms with Crippen LogP contribution in [0.25, 0.3) is 10.9 Å². The van der Waals surface area contributed by atoms with Gasteiger partial charge in [0.15, 0.2) is 0 Å². The fraction of sp³-hybridized carbons (Fsp3) is 0.464. The van der Waals surface area contributed by atoms with Gasteiger partial charge in [-0.15, -0.1) is 0 Å². The number of benzene rings is 2. The normalized spacial score (nSPS) is 21.5. The van der Waals surface area contributed by atoms with E-state index in [9.17, 15) is 14.3 Å². The molecule has 5 rings (SSSR count). The molecule has 3 atom stereocenters. The van der Waals surface area contributed by atoms with Gasteiger partial charge in [-0.1, -0.05) is 25.1 Å². The highest BCUT2D eigenvalue weighted by molar-refractivity contribution is 5.85. The van der Waals surface area contributed by atoms with E-state index in [1.54, 1.807) is 6.92 Å². The first-order chi connectivity index (χ1) is 17.8. The molecule has 37 heavy (non-hydrogen) atoms. The number of carboxylic acid groups (broad SMARTS) is 1. The van der Waals surface area contributed by atoms with Gasteiger partial charge >= 0.3 is 5.97 Å². The van der Waals surface area contributed by atoms with Crippen LogP contribution in [-0.4, -0.2) is 70.9 Å². The van der Waals surface area contributed by atoms with Crippen LogP contribution < -0.4 is 4.74 Å². The number of likely N-dealkylation sites (tertiary alicyclic amines) is 1. The number of aromatic amines is 1. The Hall–Kier alpha value is -3.04. The van der Waals surface area contributed by atoms with Gasteiger partial charge in [-0.25, -0.2) is 8.78 Å². The van der Waals surface area contributed by atoms with Crippen LogP contribution in [0, 0.1) is 17.6 Å². The van der Waals surface area contributed by atoms with E-state index >= 15 is 8.78 Å². The molecule has 0 aliphatic carbocycles. The molecule has 1 aromatic heterocycles. The van der Waals surface area contributed by atoms with Crippen molar-refractivity contribution in [2.75, 3.05) is 32.9 Å². The molecule has 9 heteroatoms. The van der Waals surface area contributed by atoms with E-state index < -0.39 is 29.6 Å². The van der Waals surface area contributed by atoms with Crippen molar-refractivity contribution >= 4 is 16.9 Å². The summed E-state index contributed by atoms with van der Waals surface area (Å²) in [6.45, 7) is 5.14. The largest absolute Gasteiger partial charge is 0.488 e. The topological polar surface area (TPSA) is 68.8 Å². The number of aromatic nitrogens is 1. The van der Waals surface area contributed by atoms with Crippen LogP contribution in [0.3, 0.4) is 0 Å². The van der Waals surface area contributed by atoms with Crippen molar-refractivity contribution in [1.82, 2.24) is 14.8 Å². The summed E-state index contributed by atoms with van der Waals surface area (Å²) in [7, 11) is 0. The average Bonchev–Trinajstić information content (AvgIpc) is 3.19. The Bertz CT molecular complexity index is 1270. The zero-order valence-electron chi connectivity index (χ0n) is 21.0. The molecule has 6 nitrogen and oxygen atoms in total. The number of hydrogen-bond acceptors (Lipinski definition) is 4. The van der Waals surface area contributed by atoms with Crippen LogP contribution in [0.5, 0.6) is 5.75 Å². The lowest BCUT2D eigenvalue weighted by atomic mass is 9.87. The fourth-order valence-corrected chi connectivity index (χ4v) is 5.64. The van der Waals surface area contributed by atoms with E-state index in [1.165, 1.54) is 12.1 Å². The van der Waals surface area contributed by atoms with Crippen LogP contribution in [0.1, 0.15) is 43.1 Å². The highest BCUT2D eigenvalue weighted by Gasteiger charge is 2.40. The molecule has 2 aliphatic heterocycles. The van der Waals surface area contributed by atoms with Crippen LogP contribution in [0.2, 0.25) is 0 Å². The van der Waals surface area contributed by atoms with E-state index in [0.29, 0.717) is 38.2 Å². The van der Waals surface area contributed by atoms with E-state index in [-0.39, 0.29) is 36.7 Å². The molecular formula is C28H32F3N3O3. The summed E-state index contributed by atoms with van der Waals surface area (Å²) in [6, 6.07) is 9.22. The number of H-pyrrole nitrogens is 1. The van der Waals surface area contributed by atoms with Crippen molar-refractivity contribution in [1.29, 1.82) is 0 Å². The molecule has 2 aromatic carbocycles. The predicted molar refractivity (Wildman–Crippen MR) is 135 cm³/mol. The standard InChI is InChI=1S/C28H32F3N3O3/c1-16(28(35)36)13-34-17(2)10-21-20-6-3-4-7-24(20)32-26(21)27(34)25-22(30)11-18(12-23(25)31)37-19-14-33(15-19)9-5-8-29/h3-4,6-7,11-12,16-17,19,27,32H,5,8-10,13-15H2,1-2H3,(H,35,36)/t16-,17+,27+/m0/s1. The number of fused-ring (bicyclic) bond motifs is 3. The first-order valence-corrected chi connectivity index (χ1v) is 12.8. The molecule has 0 bridgehead atoms. The fourth-order valence-electron chi connectivity index (χ4n) is 5.64. The minimum atomic E-state index is -0.959. The van der Waals surface area contributed by atoms with Crippen LogP contribution in [0.4, 0.5) is 13.2 Å². The lowest BCUT2D eigenvalue weighted by Crippen LogP contribution is -2.53. The average molecular weight is 516 g/mol. The van der Waals surface area contributed by atoms with Gasteiger partial charge in [0.1, 0.15) is 23.5 Å². The molecule has 0 amide bonds. The van der Waals surface area contributed by atoms with E-state index in [2.05, 4.69) is 4.98 Å². The predicted octanol–water partition coefficient (Wildman–Crippen LogP) is 4.93. The Morgan fingerprint density at radius 3 is 2.59 bits per heavy atom. The summed E-state index contributed by atoms with van der Waals surface area (Å²) in [5.74, 6) is -3.04. The number of ether oxygens (including phenoxy) is 1. The Balaban J connectivity index is 1.49. The molecular weight excluding hydrogens is 483 g/mol. The first-order valence-electron chi connectivity index (χ1n) is 12.8. The Labute approximate surface area is 214 Å². The lowest BCUT2D eigenvalue weighted by Gasteiger charge is -2.42. The van der Waals surface area contributed by atoms with Crippen molar-refractivity contribution in [2.45, 2.75) is 44.9 Å². The molecule has 3 aromatic rings. The molecule has 2 aliphatic rings. The smallest absolute Gasteiger partial charge is 0.307 e. The van der Waals surface area contributed by atoms with Gasteiger partial charge in [-0.05, 0) is 31.4 Å². The number of carboxylic acids is 1. The third-order valence-corrected chi connectivity index (χ3v) is 7.58. The molecule has 0 radical (unpaired) electrons. The van der Waals surface area contributed by atoms with Crippen molar-refractivity contribution in [3.05, 3.63) is 64.9 Å². The van der Waals surface area contributed by atoms with Crippen molar-refractivity contribution in [2.24, 2.45) is 5.92 Å². The summed E-state index contributed by atoms with van der Waals surface area (Å²) in [4.78, 5) is 19.0. The van der Waals surface area contributed by atoms with Crippen LogP contribution >= 0.6 is 0 Å². The number of halogens is 3. The van der Waals surface area contributed by atoms with Gasteiger partial charge in [0.05, 0.1) is 18.6 Å². The Morgan fingerprint density at radius 2 is 1.92 bits per heavy atom.